The zero-order valence-electron chi connectivity index (χ0n) is 21.2. The molecule has 1 unspecified atom stereocenters. The van der Waals surface area contributed by atoms with Crippen LogP contribution in [0.5, 0.6) is 0 Å². The number of allylic oxidation sites excluding steroid dienone is 1. The van der Waals surface area contributed by atoms with Crippen molar-refractivity contribution in [2.45, 2.75) is 81.5 Å². The fraction of sp³-hybridized carbons (Fsp3) is 0.562. The molecule has 2 bridgehead atoms. The van der Waals surface area contributed by atoms with Gasteiger partial charge in [-0.15, -0.1) is 0 Å². The molecule has 0 aromatic heterocycles. The van der Waals surface area contributed by atoms with Crippen LogP contribution in [0.1, 0.15) is 69.8 Å². The monoisotopic (exact) mass is 471 g/mol. The van der Waals surface area contributed by atoms with E-state index in [0.717, 1.165) is 38.5 Å². The molecule has 35 heavy (non-hydrogen) atoms. The SMILES string of the molecule is CN(CCF)[C@@H]1CCC2=CC3=CC[C@]4(C)[C@@H](c5ccc6ccccc6c5)CC[C@H]4[C@@]34CCC2(C1)O4. The van der Waals surface area contributed by atoms with Crippen molar-refractivity contribution in [3.8, 4) is 0 Å². The maximum absolute atomic E-state index is 13.1. The van der Waals surface area contributed by atoms with Crippen LogP contribution in [0.3, 0.4) is 0 Å². The Morgan fingerprint density at radius 2 is 1.91 bits per heavy atom. The van der Waals surface area contributed by atoms with Gasteiger partial charge in [-0.2, -0.15) is 0 Å². The Bertz CT molecular complexity index is 1230. The van der Waals surface area contributed by atoms with Crippen LogP contribution in [0, 0.1) is 11.3 Å². The van der Waals surface area contributed by atoms with E-state index in [-0.39, 0.29) is 23.3 Å². The molecule has 2 heterocycles. The third kappa shape index (κ3) is 3.07. The molecular weight excluding hydrogens is 433 g/mol. The quantitative estimate of drug-likeness (QED) is 0.462. The first kappa shape index (κ1) is 22.2. The molecule has 7 rings (SSSR count). The molecule has 0 radical (unpaired) electrons. The number of nitrogens with zero attached hydrogens (tertiary/aromatic N) is 1. The van der Waals surface area contributed by atoms with Gasteiger partial charge in [0.1, 0.15) is 6.67 Å². The van der Waals surface area contributed by atoms with E-state index in [2.05, 4.69) is 73.5 Å². The van der Waals surface area contributed by atoms with E-state index in [1.54, 1.807) is 0 Å². The first-order valence-electron chi connectivity index (χ1n) is 13.8. The van der Waals surface area contributed by atoms with Crippen molar-refractivity contribution in [2.75, 3.05) is 20.3 Å². The summed E-state index contributed by atoms with van der Waals surface area (Å²) in [6, 6.07) is 16.3. The van der Waals surface area contributed by atoms with Crippen LogP contribution in [-0.2, 0) is 4.74 Å². The third-order valence-corrected chi connectivity index (χ3v) is 10.9. The molecule has 3 aliphatic carbocycles. The molecule has 2 aromatic carbocycles. The largest absolute Gasteiger partial charge is 0.359 e. The number of benzene rings is 2. The Balaban J connectivity index is 1.24. The molecule has 3 fully saturated rings. The van der Waals surface area contributed by atoms with Crippen LogP contribution < -0.4 is 0 Å². The van der Waals surface area contributed by atoms with Gasteiger partial charge in [0.05, 0.1) is 11.2 Å². The van der Waals surface area contributed by atoms with Crippen molar-refractivity contribution in [2.24, 2.45) is 11.3 Å². The first-order chi connectivity index (χ1) is 17.0. The zero-order chi connectivity index (χ0) is 23.8. The van der Waals surface area contributed by atoms with Crippen molar-refractivity contribution < 1.29 is 9.13 Å². The lowest BCUT2D eigenvalue weighted by atomic mass is 9.58. The van der Waals surface area contributed by atoms with E-state index in [1.165, 1.54) is 40.3 Å². The Morgan fingerprint density at radius 3 is 2.77 bits per heavy atom. The summed E-state index contributed by atoms with van der Waals surface area (Å²) >= 11 is 0. The molecule has 2 aromatic rings. The minimum absolute atomic E-state index is 0.121. The molecular formula is C32H38FNO. The highest BCUT2D eigenvalue weighted by atomic mass is 19.1. The molecule has 2 aliphatic heterocycles. The molecule has 2 saturated carbocycles. The van der Waals surface area contributed by atoms with Crippen LogP contribution in [0.4, 0.5) is 4.39 Å². The van der Waals surface area contributed by atoms with Crippen molar-refractivity contribution in [3.63, 3.8) is 0 Å². The van der Waals surface area contributed by atoms with Crippen LogP contribution in [0.25, 0.3) is 10.8 Å². The molecule has 3 heteroatoms. The summed E-state index contributed by atoms with van der Waals surface area (Å²) in [6.07, 6.45) is 14.3. The number of alkyl halides is 1. The number of ether oxygens (including phenoxy) is 1. The van der Waals surface area contributed by atoms with Gasteiger partial charge in [0.25, 0.3) is 0 Å². The number of hydrogen-bond acceptors (Lipinski definition) is 2. The first-order valence-corrected chi connectivity index (χ1v) is 13.8. The topological polar surface area (TPSA) is 12.5 Å². The Hall–Kier alpha value is -1.97. The van der Waals surface area contributed by atoms with Crippen molar-refractivity contribution in [1.29, 1.82) is 0 Å². The lowest BCUT2D eigenvalue weighted by molar-refractivity contribution is -0.140. The molecule has 2 nitrogen and oxygen atoms in total. The van der Waals surface area contributed by atoms with Gasteiger partial charge in [-0.05, 0) is 103 Å². The Kier molecular flexibility index (Phi) is 4.93. The van der Waals surface area contributed by atoms with E-state index < -0.39 is 0 Å². The minimum Gasteiger partial charge on any atom is -0.359 e. The maximum atomic E-state index is 13.1. The summed E-state index contributed by atoms with van der Waals surface area (Å²) in [5, 5.41) is 2.69. The summed E-state index contributed by atoms with van der Waals surface area (Å²) in [7, 11) is 2.09. The summed E-state index contributed by atoms with van der Waals surface area (Å²) in [5.74, 6) is 1.14. The van der Waals surface area contributed by atoms with E-state index in [1.807, 2.05) is 0 Å². The number of rotatable bonds is 4. The van der Waals surface area contributed by atoms with Crippen LogP contribution in [0.15, 0.2) is 65.8 Å². The predicted molar refractivity (Wildman–Crippen MR) is 140 cm³/mol. The summed E-state index contributed by atoms with van der Waals surface area (Å²) in [6.45, 7) is 2.82. The van der Waals surface area contributed by atoms with Gasteiger partial charge in [-0.25, -0.2) is 4.39 Å². The molecule has 0 amide bonds. The predicted octanol–water partition coefficient (Wildman–Crippen LogP) is 7.35. The van der Waals surface area contributed by atoms with E-state index in [0.29, 0.717) is 24.4 Å². The van der Waals surface area contributed by atoms with Gasteiger partial charge in [-0.1, -0.05) is 61.5 Å². The maximum Gasteiger partial charge on any atom is 0.102 e. The van der Waals surface area contributed by atoms with Gasteiger partial charge in [-0.3, -0.25) is 0 Å². The van der Waals surface area contributed by atoms with Gasteiger partial charge >= 0.3 is 0 Å². The van der Waals surface area contributed by atoms with Gasteiger partial charge in [0, 0.05) is 12.6 Å². The Labute approximate surface area is 209 Å². The standard InChI is InChI=1S/C32H38FNO/c1-30-14-13-26-20-25-9-10-27(34(2)18-17-33)21-31(25)15-16-32(26,35-31)29(30)12-11-28(30)24-8-7-22-5-3-4-6-23(22)19-24/h3-8,13,19-20,27-29H,9-12,14-18,21H2,1-2H3/t27-,28-,29-,30-,31?,32-/m1/s1. The van der Waals surface area contributed by atoms with E-state index >= 15 is 0 Å². The molecule has 0 N–H and O–H groups in total. The van der Waals surface area contributed by atoms with Gasteiger partial charge in [0.2, 0.25) is 0 Å². The molecule has 1 saturated heterocycles. The van der Waals surface area contributed by atoms with Crippen LogP contribution >= 0.6 is 0 Å². The van der Waals surface area contributed by atoms with Crippen molar-refractivity contribution in [3.05, 3.63) is 71.3 Å². The summed E-state index contributed by atoms with van der Waals surface area (Å²) in [5.41, 5.74) is 4.49. The number of fused-ring (bicyclic) bond motifs is 2. The average Bonchev–Trinajstić information content (AvgIpc) is 3.38. The van der Waals surface area contributed by atoms with Crippen molar-refractivity contribution >= 4 is 10.8 Å². The fourth-order valence-electron chi connectivity index (χ4n) is 9.05. The second-order valence-electron chi connectivity index (χ2n) is 12.4. The normalized spacial score (nSPS) is 39.7. The third-order valence-electron chi connectivity index (χ3n) is 10.9. The second kappa shape index (κ2) is 7.76. The second-order valence-corrected chi connectivity index (χ2v) is 12.4. The minimum atomic E-state index is -0.267. The lowest BCUT2D eigenvalue weighted by Crippen LogP contribution is -2.55. The highest BCUT2D eigenvalue weighted by Gasteiger charge is 2.66. The van der Waals surface area contributed by atoms with E-state index in [4.69, 9.17) is 4.74 Å². The Morgan fingerprint density at radius 1 is 1.06 bits per heavy atom. The smallest absolute Gasteiger partial charge is 0.102 e. The number of hydrogen-bond donors (Lipinski definition) is 0. The highest BCUT2D eigenvalue weighted by Crippen LogP contribution is 2.69. The molecule has 5 aliphatic rings. The fourth-order valence-corrected chi connectivity index (χ4v) is 9.05. The number of halogens is 1. The lowest BCUT2D eigenvalue weighted by Gasteiger charge is -2.55. The van der Waals surface area contributed by atoms with Crippen molar-refractivity contribution in [1.82, 2.24) is 4.90 Å². The molecule has 2 spiro atoms. The summed E-state index contributed by atoms with van der Waals surface area (Å²) < 4.78 is 20.5. The zero-order valence-corrected chi connectivity index (χ0v) is 21.2. The molecule has 6 atom stereocenters. The molecule has 184 valence electrons. The van der Waals surface area contributed by atoms with Gasteiger partial charge in [0.15, 0.2) is 0 Å². The summed E-state index contributed by atoms with van der Waals surface area (Å²) in [4.78, 5) is 2.24. The van der Waals surface area contributed by atoms with Crippen LogP contribution in [-0.4, -0.2) is 42.4 Å². The van der Waals surface area contributed by atoms with E-state index in [9.17, 15) is 4.39 Å². The van der Waals surface area contributed by atoms with Crippen LogP contribution in [0.2, 0.25) is 0 Å². The van der Waals surface area contributed by atoms with Gasteiger partial charge < -0.3 is 9.64 Å². The average molecular weight is 472 g/mol. The highest BCUT2D eigenvalue weighted by molar-refractivity contribution is 5.83.